The average molecular weight is 454 g/mol. The van der Waals surface area contributed by atoms with E-state index in [1.807, 2.05) is 43.7 Å². The first kappa shape index (κ1) is 16.9. The van der Waals surface area contributed by atoms with Crippen molar-refractivity contribution in [3.63, 3.8) is 0 Å². The van der Waals surface area contributed by atoms with Crippen molar-refractivity contribution in [2.24, 2.45) is 5.73 Å². The molecule has 2 bridgehead atoms. The van der Waals surface area contributed by atoms with Gasteiger partial charge >= 0.3 is 0 Å². The van der Waals surface area contributed by atoms with Gasteiger partial charge in [0.2, 0.25) is 0 Å². The van der Waals surface area contributed by atoms with Gasteiger partial charge < -0.3 is 10.6 Å². The number of aryl methyl sites for hydroxylation is 1. The molecule has 1 aromatic carbocycles. The largest absolute Gasteiger partial charge is 0.333 e. The molecule has 1 aliphatic heterocycles. The summed E-state index contributed by atoms with van der Waals surface area (Å²) >= 11 is 0. The van der Waals surface area contributed by atoms with Gasteiger partial charge in [-0.25, -0.2) is 14.5 Å². The molecule has 0 unspecified atom stereocenters. The van der Waals surface area contributed by atoms with Crippen LogP contribution < -0.4 is 5.73 Å². The van der Waals surface area contributed by atoms with Crippen LogP contribution in [0, 0.1) is 6.92 Å². The lowest BCUT2D eigenvalue weighted by atomic mass is 9.77. The summed E-state index contributed by atoms with van der Waals surface area (Å²) < 4.78 is 26.3. The van der Waals surface area contributed by atoms with E-state index in [-0.39, 0.29) is 5.92 Å². The van der Waals surface area contributed by atoms with Gasteiger partial charge in [-0.15, -0.1) is 0 Å². The SMILES string of the molecule is [2H]C([2H])([2H])N1C(=O)c2cccc(C)c2[C@H]2C[C@@H]1c1nn3ccc(-c4cnc(C5(N)CCC5)nc4)cc3c12. The third-order valence-electron chi connectivity index (χ3n) is 7.93. The normalized spacial score (nSPS) is 24.0. The fourth-order valence-corrected chi connectivity index (χ4v) is 5.92. The number of fused-ring (bicyclic) bond motifs is 9. The standard InChI is InChI=1S/C27H26N6O/c1-15-5-3-6-18-22(15)19-12-21(32(2)25(18)34)24-23(19)20-11-16(7-10-33(20)31-24)17-13-29-26(30-14-17)27(28)8-4-9-27/h3,5-7,10-11,13-14,19,21H,4,8-9,12,28H2,1-2H3/t19-,21-/m1/s1/i2D3. The molecule has 2 atom stereocenters. The lowest BCUT2D eigenvalue weighted by molar-refractivity contribution is 0.0734. The van der Waals surface area contributed by atoms with Crippen LogP contribution in [0.5, 0.6) is 0 Å². The second-order valence-corrected chi connectivity index (χ2v) is 9.86. The smallest absolute Gasteiger partial charge is 0.254 e. The van der Waals surface area contributed by atoms with Crippen LogP contribution in [0.15, 0.2) is 48.9 Å². The van der Waals surface area contributed by atoms with E-state index in [4.69, 9.17) is 14.9 Å². The summed E-state index contributed by atoms with van der Waals surface area (Å²) in [4.78, 5) is 23.7. The van der Waals surface area contributed by atoms with Crippen molar-refractivity contribution in [1.82, 2.24) is 24.5 Å². The molecule has 0 radical (unpaired) electrons. The quantitative estimate of drug-likeness (QED) is 0.494. The number of nitrogens with zero attached hydrogens (tertiary/aromatic N) is 5. The van der Waals surface area contributed by atoms with Crippen LogP contribution in [0.4, 0.5) is 0 Å². The first-order chi connectivity index (χ1) is 17.7. The summed E-state index contributed by atoms with van der Waals surface area (Å²) in [6, 6.07) is 8.92. The molecule has 1 fully saturated rings. The van der Waals surface area contributed by atoms with Crippen molar-refractivity contribution in [3.8, 4) is 11.1 Å². The topological polar surface area (TPSA) is 89.4 Å². The molecule has 4 aromatic rings. The zero-order valence-corrected chi connectivity index (χ0v) is 18.8. The van der Waals surface area contributed by atoms with Crippen molar-refractivity contribution in [2.45, 2.75) is 50.1 Å². The molecule has 1 amide bonds. The maximum atomic E-state index is 13.5. The zero-order valence-electron chi connectivity index (χ0n) is 21.8. The summed E-state index contributed by atoms with van der Waals surface area (Å²) in [5.41, 5.74) is 12.7. The van der Waals surface area contributed by atoms with Crippen molar-refractivity contribution in [1.29, 1.82) is 0 Å². The molecular formula is C27H26N6O. The summed E-state index contributed by atoms with van der Waals surface area (Å²) in [5, 5.41) is 4.80. The number of hydrogen-bond acceptors (Lipinski definition) is 5. The van der Waals surface area contributed by atoms with Gasteiger partial charge in [0.05, 0.1) is 22.8 Å². The van der Waals surface area contributed by atoms with Crippen molar-refractivity contribution in [2.75, 3.05) is 6.98 Å². The van der Waals surface area contributed by atoms with Gasteiger partial charge in [0.25, 0.3) is 5.91 Å². The monoisotopic (exact) mass is 453 g/mol. The van der Waals surface area contributed by atoms with Gasteiger partial charge in [0.1, 0.15) is 5.82 Å². The summed E-state index contributed by atoms with van der Waals surface area (Å²) in [5.74, 6) is 0.0888. The molecule has 3 aromatic heterocycles. The van der Waals surface area contributed by atoms with E-state index in [1.165, 1.54) is 0 Å². The number of benzene rings is 1. The highest BCUT2D eigenvalue weighted by molar-refractivity contribution is 5.98. The lowest BCUT2D eigenvalue weighted by Gasteiger charge is -2.36. The van der Waals surface area contributed by atoms with Crippen molar-refractivity contribution >= 4 is 11.4 Å². The predicted octanol–water partition coefficient (Wildman–Crippen LogP) is 4.10. The number of amides is 1. The Labute approximate surface area is 201 Å². The minimum Gasteiger partial charge on any atom is -0.333 e. The van der Waals surface area contributed by atoms with E-state index in [2.05, 4.69) is 16.0 Å². The van der Waals surface area contributed by atoms with Crippen LogP contribution in [0.25, 0.3) is 16.6 Å². The molecule has 170 valence electrons. The Hall–Kier alpha value is -3.58. The Kier molecular flexibility index (Phi) is 3.35. The summed E-state index contributed by atoms with van der Waals surface area (Å²) in [6.07, 6.45) is 8.90. The molecule has 34 heavy (non-hydrogen) atoms. The predicted molar refractivity (Wildman–Crippen MR) is 128 cm³/mol. The lowest BCUT2D eigenvalue weighted by Crippen LogP contribution is -2.44. The molecule has 7 rings (SSSR count). The minimum atomic E-state index is -2.58. The number of carbonyl (C=O) groups excluding carboxylic acids is 1. The molecule has 3 aliphatic rings. The van der Waals surface area contributed by atoms with Gasteiger partial charge in [0.15, 0.2) is 0 Å². The number of hydrogen-bond donors (Lipinski definition) is 1. The van der Waals surface area contributed by atoms with E-state index in [0.29, 0.717) is 23.5 Å². The van der Waals surface area contributed by atoms with E-state index in [1.54, 1.807) is 10.6 Å². The minimum absolute atomic E-state index is 0.130. The summed E-state index contributed by atoms with van der Waals surface area (Å²) in [7, 11) is 0. The Bertz CT molecular complexity index is 1590. The van der Waals surface area contributed by atoms with Gasteiger partial charge in [-0.1, -0.05) is 12.1 Å². The highest BCUT2D eigenvalue weighted by atomic mass is 16.2. The van der Waals surface area contributed by atoms with E-state index in [9.17, 15) is 4.79 Å². The number of rotatable bonds is 2. The van der Waals surface area contributed by atoms with Crippen molar-refractivity contribution in [3.05, 3.63) is 82.7 Å². The van der Waals surface area contributed by atoms with Crippen LogP contribution >= 0.6 is 0 Å². The zero-order chi connectivity index (χ0) is 25.7. The van der Waals surface area contributed by atoms with E-state index < -0.39 is 24.5 Å². The molecule has 0 spiro atoms. The number of carbonyl (C=O) groups is 1. The molecule has 7 heteroatoms. The van der Waals surface area contributed by atoms with Crippen LogP contribution in [0.1, 0.15) is 80.3 Å². The third kappa shape index (κ3) is 2.56. The van der Waals surface area contributed by atoms with Crippen LogP contribution in [-0.2, 0) is 5.54 Å². The summed E-state index contributed by atoms with van der Waals surface area (Å²) in [6.45, 7) is -0.605. The highest BCUT2D eigenvalue weighted by Gasteiger charge is 2.45. The number of aromatic nitrogens is 4. The Morgan fingerprint density at radius 1 is 1.15 bits per heavy atom. The Morgan fingerprint density at radius 2 is 1.97 bits per heavy atom. The first-order valence-corrected chi connectivity index (χ1v) is 11.7. The highest BCUT2D eigenvalue weighted by Crippen LogP contribution is 2.52. The fraction of sp³-hybridized carbons (Fsp3) is 0.333. The first-order valence-electron chi connectivity index (χ1n) is 13.2. The average Bonchev–Trinajstić information content (AvgIpc) is 3.34. The van der Waals surface area contributed by atoms with Gasteiger partial charge in [-0.3, -0.25) is 4.79 Å². The maximum Gasteiger partial charge on any atom is 0.254 e. The molecule has 7 nitrogen and oxygen atoms in total. The maximum absolute atomic E-state index is 13.5. The van der Waals surface area contributed by atoms with Crippen LogP contribution in [0.3, 0.4) is 0 Å². The Balaban J connectivity index is 1.39. The number of nitrogens with two attached hydrogens (primary N) is 1. The molecule has 4 heterocycles. The second-order valence-electron chi connectivity index (χ2n) is 9.86. The molecular weight excluding hydrogens is 424 g/mol. The van der Waals surface area contributed by atoms with Crippen molar-refractivity contribution < 1.29 is 8.91 Å². The van der Waals surface area contributed by atoms with Gasteiger partial charge in [-0.2, -0.15) is 5.10 Å². The van der Waals surface area contributed by atoms with E-state index >= 15 is 0 Å². The second kappa shape index (κ2) is 6.73. The van der Waals surface area contributed by atoms with E-state index in [0.717, 1.165) is 57.5 Å². The molecule has 0 saturated heterocycles. The Morgan fingerprint density at radius 3 is 2.71 bits per heavy atom. The molecule has 1 saturated carbocycles. The number of pyridine rings is 1. The van der Waals surface area contributed by atoms with Gasteiger partial charge in [-0.05, 0) is 67.5 Å². The van der Waals surface area contributed by atoms with Gasteiger partial charge in [0, 0.05) is 52.3 Å². The molecule has 2 aliphatic carbocycles. The third-order valence-corrected chi connectivity index (χ3v) is 7.93. The molecule has 2 N–H and O–H groups in total. The van der Waals surface area contributed by atoms with Crippen LogP contribution in [-0.4, -0.2) is 37.4 Å². The fourth-order valence-electron chi connectivity index (χ4n) is 5.92. The van der Waals surface area contributed by atoms with Crippen LogP contribution in [0.2, 0.25) is 0 Å².